The largest absolute Gasteiger partial charge is 0.496 e. The van der Waals surface area contributed by atoms with Crippen LogP contribution in [0.1, 0.15) is 10.4 Å². The van der Waals surface area contributed by atoms with Crippen LogP contribution in [0.25, 0.3) is 17.0 Å². The molecule has 2 aromatic carbocycles. The normalized spacial score (nSPS) is 14.1. The van der Waals surface area contributed by atoms with Crippen molar-refractivity contribution >= 4 is 17.4 Å². The van der Waals surface area contributed by atoms with Gasteiger partial charge in [-0.1, -0.05) is 12.1 Å². The predicted octanol–water partition coefficient (Wildman–Crippen LogP) is 2.90. The lowest BCUT2D eigenvalue weighted by molar-refractivity contribution is 0.0743. The standard InChI is InChI=1S/C23H21FN6O2/c1-32-19-5-3-2-4-18(19)23(31)29-14-12-28(13-15-29)21-11-10-20-25-26-22(30(20)27-21)16-6-8-17(24)9-7-16/h2-11H,12-15H2,1H3. The van der Waals surface area contributed by atoms with Crippen LogP contribution in [0.3, 0.4) is 0 Å². The second-order valence-electron chi connectivity index (χ2n) is 7.47. The first kappa shape index (κ1) is 19.9. The molecule has 0 radical (unpaired) electrons. The average molecular weight is 432 g/mol. The maximum absolute atomic E-state index is 13.3. The third kappa shape index (κ3) is 3.62. The fourth-order valence-corrected chi connectivity index (χ4v) is 3.86. The fraction of sp³-hybridized carbons (Fsp3) is 0.217. The van der Waals surface area contributed by atoms with Gasteiger partial charge < -0.3 is 14.5 Å². The zero-order valence-corrected chi connectivity index (χ0v) is 17.5. The summed E-state index contributed by atoms with van der Waals surface area (Å²) in [5.74, 6) is 1.55. The zero-order chi connectivity index (χ0) is 22.1. The van der Waals surface area contributed by atoms with Gasteiger partial charge in [0.15, 0.2) is 11.5 Å². The van der Waals surface area contributed by atoms with Crippen LogP contribution in [-0.4, -0.2) is 63.9 Å². The second-order valence-corrected chi connectivity index (χ2v) is 7.47. The number of benzene rings is 2. The van der Waals surface area contributed by atoms with Crippen LogP contribution in [0.2, 0.25) is 0 Å². The first-order valence-corrected chi connectivity index (χ1v) is 10.3. The van der Waals surface area contributed by atoms with Crippen molar-refractivity contribution in [3.05, 3.63) is 72.0 Å². The highest BCUT2D eigenvalue weighted by molar-refractivity contribution is 5.97. The summed E-state index contributed by atoms with van der Waals surface area (Å²) in [7, 11) is 1.57. The van der Waals surface area contributed by atoms with Gasteiger partial charge in [-0.15, -0.1) is 15.3 Å². The average Bonchev–Trinajstić information content (AvgIpc) is 3.27. The van der Waals surface area contributed by atoms with Gasteiger partial charge in [-0.05, 0) is 48.5 Å². The number of fused-ring (bicyclic) bond motifs is 1. The van der Waals surface area contributed by atoms with Gasteiger partial charge >= 0.3 is 0 Å². The lowest BCUT2D eigenvalue weighted by atomic mass is 10.1. The van der Waals surface area contributed by atoms with Crippen molar-refractivity contribution in [3.63, 3.8) is 0 Å². The number of rotatable bonds is 4. The van der Waals surface area contributed by atoms with Gasteiger partial charge in [0.2, 0.25) is 0 Å². The van der Waals surface area contributed by atoms with E-state index in [1.54, 1.807) is 35.9 Å². The highest BCUT2D eigenvalue weighted by atomic mass is 19.1. The molecule has 3 heterocycles. The third-order valence-electron chi connectivity index (χ3n) is 5.58. The summed E-state index contributed by atoms with van der Waals surface area (Å²) in [6.07, 6.45) is 0. The Labute approximate surface area is 183 Å². The minimum Gasteiger partial charge on any atom is -0.496 e. The van der Waals surface area contributed by atoms with Gasteiger partial charge in [-0.25, -0.2) is 4.39 Å². The maximum Gasteiger partial charge on any atom is 0.257 e. The first-order valence-electron chi connectivity index (χ1n) is 10.3. The van der Waals surface area contributed by atoms with Crippen LogP contribution < -0.4 is 9.64 Å². The summed E-state index contributed by atoms with van der Waals surface area (Å²) in [4.78, 5) is 16.9. The van der Waals surface area contributed by atoms with E-state index in [1.165, 1.54) is 12.1 Å². The second kappa shape index (κ2) is 8.26. The highest BCUT2D eigenvalue weighted by Gasteiger charge is 2.25. The van der Waals surface area contributed by atoms with Crippen molar-refractivity contribution in [1.29, 1.82) is 0 Å². The Morgan fingerprint density at radius 1 is 0.938 bits per heavy atom. The van der Waals surface area contributed by atoms with E-state index in [9.17, 15) is 9.18 Å². The number of amides is 1. The van der Waals surface area contributed by atoms with E-state index in [0.717, 1.165) is 11.4 Å². The van der Waals surface area contributed by atoms with Gasteiger partial charge in [-0.3, -0.25) is 4.79 Å². The number of carbonyl (C=O) groups is 1. The molecule has 32 heavy (non-hydrogen) atoms. The Balaban J connectivity index is 1.34. The van der Waals surface area contributed by atoms with Crippen LogP contribution in [0, 0.1) is 5.82 Å². The van der Waals surface area contributed by atoms with E-state index in [4.69, 9.17) is 9.84 Å². The fourth-order valence-electron chi connectivity index (χ4n) is 3.86. The molecule has 0 aliphatic carbocycles. The van der Waals surface area contributed by atoms with E-state index in [-0.39, 0.29) is 11.7 Å². The summed E-state index contributed by atoms with van der Waals surface area (Å²) in [6, 6.07) is 17.1. The minimum absolute atomic E-state index is 0.0390. The molecule has 0 unspecified atom stereocenters. The Morgan fingerprint density at radius 2 is 1.69 bits per heavy atom. The summed E-state index contributed by atoms with van der Waals surface area (Å²) in [5, 5.41) is 13.1. The van der Waals surface area contributed by atoms with E-state index in [1.807, 2.05) is 29.2 Å². The quantitative estimate of drug-likeness (QED) is 0.494. The number of methoxy groups -OCH3 is 1. The van der Waals surface area contributed by atoms with Crippen LogP contribution in [-0.2, 0) is 0 Å². The molecule has 5 rings (SSSR count). The molecule has 0 spiro atoms. The molecule has 1 aliphatic rings. The molecule has 0 N–H and O–H groups in total. The van der Waals surface area contributed by atoms with Crippen LogP contribution >= 0.6 is 0 Å². The van der Waals surface area contributed by atoms with Crippen molar-refractivity contribution in [2.45, 2.75) is 0 Å². The minimum atomic E-state index is -0.309. The molecule has 1 amide bonds. The molecule has 162 valence electrons. The SMILES string of the molecule is COc1ccccc1C(=O)N1CCN(c2ccc3nnc(-c4ccc(F)cc4)n3n2)CC1. The number of hydrogen-bond donors (Lipinski definition) is 0. The summed E-state index contributed by atoms with van der Waals surface area (Å²) < 4.78 is 20.3. The molecule has 1 aliphatic heterocycles. The zero-order valence-electron chi connectivity index (χ0n) is 17.5. The van der Waals surface area contributed by atoms with Gasteiger partial charge in [-0.2, -0.15) is 4.52 Å². The summed E-state index contributed by atoms with van der Waals surface area (Å²) in [5.41, 5.74) is 1.91. The van der Waals surface area contributed by atoms with Crippen LogP contribution in [0.4, 0.5) is 10.2 Å². The van der Waals surface area contributed by atoms with Gasteiger partial charge in [0.25, 0.3) is 5.91 Å². The molecule has 2 aromatic heterocycles. The Hall–Kier alpha value is -4.01. The van der Waals surface area contributed by atoms with Crippen molar-refractivity contribution in [1.82, 2.24) is 24.7 Å². The number of anilines is 1. The van der Waals surface area contributed by atoms with Crippen molar-refractivity contribution in [2.75, 3.05) is 38.2 Å². The Kier molecular flexibility index (Phi) is 5.14. The Bertz CT molecular complexity index is 1270. The van der Waals surface area contributed by atoms with E-state index in [0.29, 0.717) is 49.0 Å². The molecule has 0 saturated carbocycles. The molecular formula is C23H21FN6O2. The van der Waals surface area contributed by atoms with Crippen LogP contribution in [0.15, 0.2) is 60.7 Å². The van der Waals surface area contributed by atoms with Crippen molar-refractivity contribution in [2.24, 2.45) is 0 Å². The van der Waals surface area contributed by atoms with Gasteiger partial charge in [0, 0.05) is 31.7 Å². The molecule has 8 nitrogen and oxygen atoms in total. The number of piperazine rings is 1. The lowest BCUT2D eigenvalue weighted by Gasteiger charge is -2.35. The van der Waals surface area contributed by atoms with E-state index >= 15 is 0 Å². The summed E-state index contributed by atoms with van der Waals surface area (Å²) in [6.45, 7) is 2.44. The van der Waals surface area contributed by atoms with Crippen molar-refractivity contribution in [3.8, 4) is 17.1 Å². The predicted molar refractivity (Wildman–Crippen MR) is 117 cm³/mol. The number of nitrogens with zero attached hydrogens (tertiary/aromatic N) is 6. The molecule has 1 fully saturated rings. The monoisotopic (exact) mass is 432 g/mol. The molecule has 0 bridgehead atoms. The lowest BCUT2D eigenvalue weighted by Crippen LogP contribution is -2.49. The Morgan fingerprint density at radius 3 is 2.44 bits per heavy atom. The number of ether oxygens (including phenoxy) is 1. The smallest absolute Gasteiger partial charge is 0.257 e. The van der Waals surface area contributed by atoms with Crippen molar-refractivity contribution < 1.29 is 13.9 Å². The van der Waals surface area contributed by atoms with Gasteiger partial charge in [0.1, 0.15) is 17.4 Å². The third-order valence-corrected chi connectivity index (χ3v) is 5.58. The molecule has 0 atom stereocenters. The molecule has 9 heteroatoms. The number of halogens is 1. The first-order chi connectivity index (χ1) is 15.6. The topological polar surface area (TPSA) is 75.9 Å². The molecule has 1 saturated heterocycles. The summed E-state index contributed by atoms with van der Waals surface area (Å²) >= 11 is 0. The maximum atomic E-state index is 13.3. The van der Waals surface area contributed by atoms with E-state index < -0.39 is 0 Å². The van der Waals surface area contributed by atoms with Crippen LogP contribution in [0.5, 0.6) is 5.75 Å². The number of carbonyl (C=O) groups excluding carboxylic acids is 1. The molecule has 4 aromatic rings. The number of aromatic nitrogens is 4. The number of para-hydroxylation sites is 1. The number of hydrogen-bond acceptors (Lipinski definition) is 6. The van der Waals surface area contributed by atoms with Gasteiger partial charge in [0.05, 0.1) is 12.7 Å². The highest BCUT2D eigenvalue weighted by Crippen LogP contribution is 2.23. The molecular weight excluding hydrogens is 411 g/mol. The van der Waals surface area contributed by atoms with E-state index in [2.05, 4.69) is 15.1 Å².